The molecule has 0 fully saturated rings. The van der Waals surface area contributed by atoms with Crippen molar-refractivity contribution >= 4 is 0 Å². The van der Waals surface area contributed by atoms with Gasteiger partial charge in [-0.25, -0.2) is 4.98 Å². The van der Waals surface area contributed by atoms with Gasteiger partial charge in [-0.3, -0.25) is 0 Å². The molecule has 0 amide bonds. The predicted octanol–water partition coefficient (Wildman–Crippen LogP) is 3.17. The van der Waals surface area contributed by atoms with Gasteiger partial charge in [0.15, 0.2) is 0 Å². The summed E-state index contributed by atoms with van der Waals surface area (Å²) < 4.78 is 2.20. The molecule has 0 aliphatic rings. The zero-order valence-electron chi connectivity index (χ0n) is 10.4. The zero-order valence-corrected chi connectivity index (χ0v) is 10.4. The molecule has 0 aliphatic carbocycles. The Hall–Kier alpha value is -1.57. The van der Waals surface area contributed by atoms with Gasteiger partial charge in [0.2, 0.25) is 0 Å². The lowest BCUT2D eigenvalue weighted by molar-refractivity contribution is 0.767. The van der Waals surface area contributed by atoms with Crippen LogP contribution in [0.15, 0.2) is 24.5 Å². The second-order valence-corrected chi connectivity index (χ2v) is 4.54. The molecule has 2 nitrogen and oxygen atoms in total. The third kappa shape index (κ3) is 2.16. The van der Waals surface area contributed by atoms with Crippen molar-refractivity contribution in [1.82, 2.24) is 9.55 Å². The highest BCUT2D eigenvalue weighted by molar-refractivity contribution is 5.29. The Kier molecular flexibility index (Phi) is 2.82. The lowest BCUT2D eigenvalue weighted by atomic mass is 10.1. The molecule has 1 aromatic heterocycles. The molecular formula is C14H18N2. The van der Waals surface area contributed by atoms with Crippen molar-refractivity contribution in [2.24, 2.45) is 0 Å². The van der Waals surface area contributed by atoms with Crippen LogP contribution in [0.3, 0.4) is 0 Å². The van der Waals surface area contributed by atoms with E-state index in [2.05, 4.69) is 48.5 Å². The molecule has 0 unspecified atom stereocenters. The largest absolute Gasteiger partial charge is 0.330 e. The van der Waals surface area contributed by atoms with Crippen LogP contribution in [0.2, 0.25) is 0 Å². The van der Waals surface area contributed by atoms with Crippen LogP contribution in [0.4, 0.5) is 0 Å². The van der Waals surface area contributed by atoms with Gasteiger partial charge >= 0.3 is 0 Å². The maximum absolute atomic E-state index is 4.32. The van der Waals surface area contributed by atoms with Crippen molar-refractivity contribution in [2.75, 3.05) is 0 Å². The van der Waals surface area contributed by atoms with Gasteiger partial charge in [0, 0.05) is 12.2 Å². The standard InChI is InChI=1S/C14H18N2/c1-10-5-11(2)7-14(6-10)8-16-9-15-12(3)13(16)4/h5-7,9H,8H2,1-4H3. The molecule has 16 heavy (non-hydrogen) atoms. The molecule has 0 saturated carbocycles. The molecule has 2 rings (SSSR count). The molecule has 0 saturated heterocycles. The van der Waals surface area contributed by atoms with Crippen LogP contribution in [-0.4, -0.2) is 9.55 Å². The Morgan fingerprint density at radius 2 is 1.62 bits per heavy atom. The van der Waals surface area contributed by atoms with Gasteiger partial charge in [0.25, 0.3) is 0 Å². The zero-order chi connectivity index (χ0) is 11.7. The first-order valence-corrected chi connectivity index (χ1v) is 5.62. The lowest BCUT2D eigenvalue weighted by Crippen LogP contribution is -2.01. The third-order valence-corrected chi connectivity index (χ3v) is 2.98. The minimum atomic E-state index is 0.912. The maximum atomic E-state index is 4.32. The molecule has 0 bridgehead atoms. The fraction of sp³-hybridized carbons (Fsp3) is 0.357. The minimum Gasteiger partial charge on any atom is -0.330 e. The molecular weight excluding hydrogens is 196 g/mol. The summed E-state index contributed by atoms with van der Waals surface area (Å²) in [5, 5.41) is 0. The highest BCUT2D eigenvalue weighted by Crippen LogP contribution is 2.12. The number of rotatable bonds is 2. The van der Waals surface area contributed by atoms with Crippen LogP contribution in [0, 0.1) is 27.7 Å². The van der Waals surface area contributed by atoms with E-state index < -0.39 is 0 Å². The SMILES string of the molecule is Cc1cc(C)cc(Cn2cnc(C)c2C)c1. The molecule has 0 spiro atoms. The molecule has 2 aromatic rings. The number of imidazole rings is 1. The molecule has 1 aromatic carbocycles. The molecule has 1 heterocycles. The highest BCUT2D eigenvalue weighted by atomic mass is 15.0. The molecule has 0 atom stereocenters. The van der Waals surface area contributed by atoms with Gasteiger partial charge in [-0.05, 0) is 33.3 Å². The summed E-state index contributed by atoms with van der Waals surface area (Å²) in [4.78, 5) is 4.32. The number of aryl methyl sites for hydroxylation is 3. The van der Waals surface area contributed by atoms with E-state index in [0.717, 1.165) is 12.2 Å². The monoisotopic (exact) mass is 214 g/mol. The average Bonchev–Trinajstić information content (AvgIpc) is 2.48. The Balaban J connectivity index is 2.30. The summed E-state index contributed by atoms with van der Waals surface area (Å²) >= 11 is 0. The van der Waals surface area contributed by atoms with Crippen LogP contribution in [0.1, 0.15) is 28.1 Å². The summed E-state index contributed by atoms with van der Waals surface area (Å²) in [5.41, 5.74) is 6.36. The van der Waals surface area contributed by atoms with E-state index in [-0.39, 0.29) is 0 Å². The van der Waals surface area contributed by atoms with Crippen LogP contribution in [0.25, 0.3) is 0 Å². The number of nitrogens with zero attached hydrogens (tertiary/aromatic N) is 2. The van der Waals surface area contributed by atoms with E-state index in [4.69, 9.17) is 0 Å². The highest BCUT2D eigenvalue weighted by Gasteiger charge is 2.03. The Morgan fingerprint density at radius 3 is 2.12 bits per heavy atom. The number of hydrogen-bond acceptors (Lipinski definition) is 1. The Bertz CT molecular complexity index is 489. The van der Waals surface area contributed by atoms with Gasteiger partial charge in [-0.2, -0.15) is 0 Å². The molecule has 2 heteroatoms. The summed E-state index contributed by atoms with van der Waals surface area (Å²) in [6.45, 7) is 9.36. The second kappa shape index (κ2) is 4.12. The first-order valence-electron chi connectivity index (χ1n) is 5.62. The van der Waals surface area contributed by atoms with Gasteiger partial charge in [0.05, 0.1) is 12.0 Å². The summed E-state index contributed by atoms with van der Waals surface area (Å²) in [5.74, 6) is 0. The summed E-state index contributed by atoms with van der Waals surface area (Å²) in [7, 11) is 0. The normalized spacial score (nSPS) is 10.8. The molecule has 0 radical (unpaired) electrons. The smallest absolute Gasteiger partial charge is 0.0954 e. The van der Waals surface area contributed by atoms with Crippen molar-refractivity contribution in [1.29, 1.82) is 0 Å². The number of aromatic nitrogens is 2. The van der Waals surface area contributed by atoms with E-state index >= 15 is 0 Å². The Morgan fingerprint density at radius 1 is 1.00 bits per heavy atom. The van der Waals surface area contributed by atoms with E-state index in [1.165, 1.54) is 22.4 Å². The number of benzene rings is 1. The van der Waals surface area contributed by atoms with Crippen molar-refractivity contribution in [3.05, 3.63) is 52.6 Å². The minimum absolute atomic E-state index is 0.912. The topological polar surface area (TPSA) is 17.8 Å². The van der Waals surface area contributed by atoms with E-state index in [1.807, 2.05) is 13.3 Å². The van der Waals surface area contributed by atoms with Gasteiger partial charge < -0.3 is 4.57 Å². The molecule has 0 N–H and O–H groups in total. The van der Waals surface area contributed by atoms with Crippen LogP contribution < -0.4 is 0 Å². The fourth-order valence-corrected chi connectivity index (χ4v) is 2.06. The van der Waals surface area contributed by atoms with Crippen molar-refractivity contribution in [3.8, 4) is 0 Å². The number of hydrogen-bond donors (Lipinski definition) is 0. The predicted molar refractivity (Wildman–Crippen MR) is 66.7 cm³/mol. The van der Waals surface area contributed by atoms with Crippen LogP contribution in [0.5, 0.6) is 0 Å². The second-order valence-electron chi connectivity index (χ2n) is 4.54. The summed E-state index contributed by atoms with van der Waals surface area (Å²) in [6.07, 6.45) is 1.92. The van der Waals surface area contributed by atoms with E-state index in [0.29, 0.717) is 0 Å². The van der Waals surface area contributed by atoms with E-state index in [9.17, 15) is 0 Å². The van der Waals surface area contributed by atoms with Crippen LogP contribution >= 0.6 is 0 Å². The van der Waals surface area contributed by atoms with E-state index in [1.54, 1.807) is 0 Å². The molecule has 0 aliphatic heterocycles. The van der Waals surface area contributed by atoms with Gasteiger partial charge in [0.1, 0.15) is 0 Å². The lowest BCUT2D eigenvalue weighted by Gasteiger charge is -2.08. The van der Waals surface area contributed by atoms with Crippen molar-refractivity contribution < 1.29 is 0 Å². The average molecular weight is 214 g/mol. The summed E-state index contributed by atoms with van der Waals surface area (Å²) in [6, 6.07) is 6.68. The quantitative estimate of drug-likeness (QED) is 0.751. The Labute approximate surface area is 97.0 Å². The first-order chi connectivity index (χ1) is 7.56. The van der Waals surface area contributed by atoms with Crippen molar-refractivity contribution in [3.63, 3.8) is 0 Å². The third-order valence-electron chi connectivity index (χ3n) is 2.98. The fourth-order valence-electron chi connectivity index (χ4n) is 2.06. The van der Waals surface area contributed by atoms with Crippen LogP contribution in [-0.2, 0) is 6.54 Å². The van der Waals surface area contributed by atoms with Gasteiger partial charge in [-0.15, -0.1) is 0 Å². The first kappa shape index (κ1) is 10.9. The van der Waals surface area contributed by atoms with Gasteiger partial charge in [-0.1, -0.05) is 29.3 Å². The molecule has 84 valence electrons. The van der Waals surface area contributed by atoms with Crippen molar-refractivity contribution in [2.45, 2.75) is 34.2 Å². The maximum Gasteiger partial charge on any atom is 0.0954 e.